The molecule has 48 heavy (non-hydrogen) atoms. The van der Waals surface area contributed by atoms with Gasteiger partial charge in [0.25, 0.3) is 0 Å². The van der Waals surface area contributed by atoms with Crippen LogP contribution < -0.4 is 5.32 Å². The molecule has 0 saturated carbocycles. The van der Waals surface area contributed by atoms with Crippen molar-refractivity contribution in [3.8, 4) is 51.4 Å². The van der Waals surface area contributed by atoms with E-state index in [0.29, 0.717) is 50.9 Å². The maximum absolute atomic E-state index is 13.0. The van der Waals surface area contributed by atoms with Gasteiger partial charge in [0.1, 0.15) is 5.75 Å². The fraction of sp³-hybridized carbons (Fsp3) is 0.167. The van der Waals surface area contributed by atoms with E-state index in [1.807, 2.05) is 0 Å². The van der Waals surface area contributed by atoms with Crippen LogP contribution >= 0.6 is 0 Å². The Labute approximate surface area is 274 Å². The fourth-order valence-corrected chi connectivity index (χ4v) is 5.80. The number of benzene rings is 4. The zero-order valence-corrected chi connectivity index (χ0v) is 25.6. The smallest absolute Gasteiger partial charge is 0.345 e. The Balaban J connectivity index is 1.51. The average molecular weight is 656 g/mol. The summed E-state index contributed by atoms with van der Waals surface area (Å²) in [6, 6.07) is 14.2. The minimum Gasteiger partial charge on any atom is -0.508 e. The van der Waals surface area contributed by atoms with E-state index in [2.05, 4.69) is 5.32 Å². The van der Waals surface area contributed by atoms with E-state index in [4.69, 9.17) is 4.74 Å². The van der Waals surface area contributed by atoms with Crippen molar-refractivity contribution in [3.05, 3.63) is 94.6 Å². The molecule has 0 bridgehead atoms. The molecule has 9 N–H and O–H groups in total. The van der Waals surface area contributed by atoms with Gasteiger partial charge in [0.15, 0.2) is 34.5 Å². The maximum atomic E-state index is 13.0. The lowest BCUT2D eigenvalue weighted by atomic mass is 9.83. The van der Waals surface area contributed by atoms with Crippen LogP contribution in [0.5, 0.6) is 40.2 Å². The topological polar surface area (TPSA) is 217 Å². The third-order valence-electron chi connectivity index (χ3n) is 8.14. The summed E-state index contributed by atoms with van der Waals surface area (Å²) in [4.78, 5) is 25.2. The van der Waals surface area contributed by atoms with Crippen molar-refractivity contribution in [2.24, 2.45) is 0 Å². The normalized spacial score (nSPS) is 13.8. The van der Waals surface area contributed by atoms with E-state index in [1.54, 1.807) is 25.3 Å². The van der Waals surface area contributed by atoms with Gasteiger partial charge in [-0.25, -0.2) is 9.59 Å². The third kappa shape index (κ3) is 6.83. The molecule has 0 amide bonds. The predicted molar refractivity (Wildman–Crippen MR) is 176 cm³/mol. The molecule has 12 heteroatoms. The van der Waals surface area contributed by atoms with Gasteiger partial charge in [0.2, 0.25) is 6.10 Å². The maximum Gasteiger partial charge on any atom is 0.345 e. The number of hydrogen-bond donors (Lipinski definition) is 9. The van der Waals surface area contributed by atoms with Gasteiger partial charge in [-0.3, -0.25) is 0 Å². The molecule has 248 valence electrons. The van der Waals surface area contributed by atoms with Crippen molar-refractivity contribution >= 4 is 29.7 Å². The number of nitrogens with one attached hydrogen (secondary N) is 1. The summed E-state index contributed by atoms with van der Waals surface area (Å²) in [5, 5.41) is 84.3. The number of phenols is 7. The number of phenolic OH excluding ortho intramolecular Hbond substituents is 7. The number of carboxylic acid groups (broad SMARTS) is 1. The van der Waals surface area contributed by atoms with Crippen molar-refractivity contribution in [1.82, 2.24) is 5.32 Å². The van der Waals surface area contributed by atoms with E-state index >= 15 is 0 Å². The summed E-state index contributed by atoms with van der Waals surface area (Å²) in [6.07, 6.45) is 2.92. The van der Waals surface area contributed by atoms with Gasteiger partial charge in [-0.05, 0) is 107 Å². The first-order chi connectivity index (χ1) is 22.9. The molecule has 0 spiro atoms. The molecule has 0 aliphatic heterocycles. The van der Waals surface area contributed by atoms with Gasteiger partial charge in [-0.15, -0.1) is 0 Å². The molecule has 2 atom stereocenters. The minimum atomic E-state index is -1.69. The third-order valence-corrected chi connectivity index (χ3v) is 8.14. The lowest BCUT2D eigenvalue weighted by Crippen LogP contribution is -2.37. The lowest BCUT2D eigenvalue weighted by molar-refractivity contribution is -0.162. The zero-order valence-electron chi connectivity index (χ0n) is 25.6. The first-order valence-corrected chi connectivity index (χ1v) is 14.8. The largest absolute Gasteiger partial charge is 0.508 e. The number of carbonyl (C=O) groups is 2. The van der Waals surface area contributed by atoms with Gasteiger partial charge in [-0.2, -0.15) is 0 Å². The van der Waals surface area contributed by atoms with Crippen LogP contribution in [0, 0.1) is 0 Å². The van der Waals surface area contributed by atoms with E-state index < -0.39 is 41.2 Å². The average Bonchev–Trinajstić information content (AvgIpc) is 3.05. The van der Waals surface area contributed by atoms with Gasteiger partial charge in [0.05, 0.1) is 0 Å². The Morgan fingerprint density at radius 3 is 2.21 bits per heavy atom. The molecule has 0 fully saturated rings. The second-order valence-corrected chi connectivity index (χ2v) is 11.3. The van der Waals surface area contributed by atoms with Crippen LogP contribution in [0.3, 0.4) is 0 Å². The number of likely N-dealkylation sites (N-methyl/N-ethyl adjacent to an activating group) is 1. The molecule has 1 aliphatic rings. The second-order valence-electron chi connectivity index (χ2n) is 11.3. The summed E-state index contributed by atoms with van der Waals surface area (Å²) < 4.78 is 5.35. The standard InChI is InChI=1S/C36H33NO11/c1-37-17-27(21-6-9-28(39)29(40)13-21)35(36(46)47)48-33(44)10-7-20-14-32(43)34(45)23-8-5-19(12-24(20)23)26-16-31(42)30(41)15-25(26)18-3-2-4-22(38)11-18/h2-4,6-7,9-16,27,35,37-43,45H,5,8,17H2,1H3,(H,46,47)/b10-7+/t27-,35+/m0/s1. The molecule has 0 radical (unpaired) electrons. The molecule has 0 aromatic heterocycles. The lowest BCUT2D eigenvalue weighted by Gasteiger charge is -2.24. The van der Waals surface area contributed by atoms with E-state index in [-0.39, 0.29) is 36.0 Å². The number of aliphatic carboxylic acids is 1. The zero-order chi connectivity index (χ0) is 34.7. The Morgan fingerprint density at radius 2 is 1.54 bits per heavy atom. The number of hydrogen-bond acceptors (Lipinski definition) is 11. The Morgan fingerprint density at radius 1 is 0.833 bits per heavy atom. The summed E-state index contributed by atoms with van der Waals surface area (Å²) >= 11 is 0. The molecule has 1 aliphatic carbocycles. The van der Waals surface area contributed by atoms with Gasteiger partial charge >= 0.3 is 11.9 Å². The quantitative estimate of drug-likeness (QED) is 0.0640. The van der Waals surface area contributed by atoms with Crippen molar-refractivity contribution in [2.75, 3.05) is 13.6 Å². The molecule has 12 nitrogen and oxygen atoms in total. The van der Waals surface area contributed by atoms with Gasteiger partial charge in [-0.1, -0.05) is 24.3 Å². The minimum absolute atomic E-state index is 0.00248. The Bertz CT molecular complexity index is 1960. The monoisotopic (exact) mass is 655 g/mol. The van der Waals surface area contributed by atoms with Gasteiger partial charge < -0.3 is 50.9 Å². The highest BCUT2D eigenvalue weighted by atomic mass is 16.6. The molecule has 0 saturated heterocycles. The molecular weight excluding hydrogens is 622 g/mol. The molecule has 0 unspecified atom stereocenters. The van der Waals surface area contributed by atoms with Crippen LogP contribution in [0.1, 0.15) is 40.2 Å². The SMILES string of the molecule is CNC[C@@H](c1ccc(O)c(O)c1)[C@@H](OC(=O)/C=C/c1cc(O)c(O)c2c1C=C(c1cc(O)c(O)cc1-c1cccc(O)c1)CC2)C(=O)O. The van der Waals surface area contributed by atoms with Crippen LogP contribution in [0.2, 0.25) is 0 Å². The number of allylic oxidation sites excluding steroid dienone is 1. The number of carbonyl (C=O) groups excluding carboxylic acids is 1. The highest BCUT2D eigenvalue weighted by molar-refractivity contribution is 5.96. The first kappa shape index (κ1) is 33.2. The number of esters is 1. The molecule has 4 aromatic carbocycles. The molecule has 0 heterocycles. The number of aromatic hydroxyl groups is 7. The van der Waals surface area contributed by atoms with E-state index in [1.165, 1.54) is 54.6 Å². The van der Waals surface area contributed by atoms with Crippen LogP contribution in [0.25, 0.3) is 28.9 Å². The van der Waals surface area contributed by atoms with Crippen molar-refractivity contribution in [2.45, 2.75) is 24.9 Å². The Hall–Kier alpha value is -6.14. The molecule has 5 rings (SSSR count). The summed E-state index contributed by atoms with van der Waals surface area (Å²) in [5.41, 5.74) is 3.70. The number of ether oxygens (including phenoxy) is 1. The molecule has 4 aromatic rings. The van der Waals surface area contributed by atoms with Crippen LogP contribution in [0.4, 0.5) is 0 Å². The van der Waals surface area contributed by atoms with Crippen molar-refractivity contribution < 1.29 is 55.2 Å². The first-order valence-electron chi connectivity index (χ1n) is 14.8. The van der Waals surface area contributed by atoms with E-state index in [9.17, 15) is 50.4 Å². The van der Waals surface area contributed by atoms with Crippen molar-refractivity contribution in [1.29, 1.82) is 0 Å². The second kappa shape index (κ2) is 13.7. The highest BCUT2D eigenvalue weighted by Gasteiger charge is 2.33. The predicted octanol–water partition coefficient (Wildman–Crippen LogP) is 4.79. The summed E-state index contributed by atoms with van der Waals surface area (Å²) in [5.74, 6) is -5.81. The van der Waals surface area contributed by atoms with Crippen LogP contribution in [-0.4, -0.2) is 72.5 Å². The highest BCUT2D eigenvalue weighted by Crippen LogP contribution is 2.45. The van der Waals surface area contributed by atoms with Gasteiger partial charge in [0, 0.05) is 24.1 Å². The number of fused-ring (bicyclic) bond motifs is 1. The summed E-state index contributed by atoms with van der Waals surface area (Å²) in [7, 11) is 1.57. The molecular formula is C36H33NO11. The van der Waals surface area contributed by atoms with E-state index in [0.717, 1.165) is 6.08 Å². The van der Waals surface area contributed by atoms with Crippen molar-refractivity contribution in [3.63, 3.8) is 0 Å². The number of rotatable bonds is 10. The summed E-state index contributed by atoms with van der Waals surface area (Å²) in [6.45, 7) is 0.0441. The number of carboxylic acids is 1. The fourth-order valence-electron chi connectivity index (χ4n) is 5.80. The Kier molecular flexibility index (Phi) is 9.48. The van der Waals surface area contributed by atoms with Crippen LogP contribution in [0.15, 0.2) is 66.7 Å². The van der Waals surface area contributed by atoms with Crippen LogP contribution in [-0.2, 0) is 20.7 Å².